The number of nitrogens with one attached hydrogen (secondary N) is 2. The van der Waals surface area contributed by atoms with Crippen LogP contribution in [0.3, 0.4) is 0 Å². The van der Waals surface area contributed by atoms with Crippen LogP contribution in [0.1, 0.15) is 50.5 Å². The van der Waals surface area contributed by atoms with Gasteiger partial charge in [0, 0.05) is 38.2 Å². The van der Waals surface area contributed by atoms with E-state index in [-0.39, 0.29) is 24.4 Å². The van der Waals surface area contributed by atoms with Crippen LogP contribution in [0, 0.1) is 5.92 Å². The summed E-state index contributed by atoms with van der Waals surface area (Å²) in [5.74, 6) is 2.65. The van der Waals surface area contributed by atoms with E-state index in [4.69, 9.17) is 4.74 Å². The number of nitrogens with zero attached hydrogens (tertiary/aromatic N) is 2. The normalized spacial score (nSPS) is 20.8. The van der Waals surface area contributed by atoms with Crippen LogP contribution in [-0.2, 0) is 4.79 Å². The first-order valence-electron chi connectivity index (χ1n) is 10.5. The molecule has 1 amide bonds. The van der Waals surface area contributed by atoms with Crippen LogP contribution < -0.4 is 15.4 Å². The van der Waals surface area contributed by atoms with E-state index in [9.17, 15) is 4.79 Å². The molecule has 1 heterocycles. The maximum absolute atomic E-state index is 12.0. The van der Waals surface area contributed by atoms with E-state index in [1.807, 2.05) is 12.1 Å². The maximum atomic E-state index is 12.0. The van der Waals surface area contributed by atoms with Gasteiger partial charge in [-0.2, -0.15) is 0 Å². The maximum Gasteiger partial charge on any atom is 0.243 e. The molecule has 1 aromatic carbocycles. The number of amides is 1. The third kappa shape index (κ3) is 5.40. The van der Waals surface area contributed by atoms with E-state index >= 15 is 0 Å². The first-order valence-corrected chi connectivity index (χ1v) is 10.5. The minimum absolute atomic E-state index is 0.000893. The average molecular weight is 387 g/mol. The van der Waals surface area contributed by atoms with Crippen LogP contribution in [0.4, 0.5) is 0 Å². The highest BCUT2D eigenvalue weighted by atomic mass is 16.5. The molecule has 1 aliphatic carbocycles. The first-order chi connectivity index (χ1) is 13.5. The molecule has 154 valence electrons. The lowest BCUT2D eigenvalue weighted by molar-refractivity contribution is -0.127. The lowest BCUT2D eigenvalue weighted by Gasteiger charge is -2.26. The van der Waals surface area contributed by atoms with Crippen molar-refractivity contribution < 1.29 is 9.53 Å². The van der Waals surface area contributed by atoms with Gasteiger partial charge in [0.05, 0.1) is 6.61 Å². The zero-order valence-electron chi connectivity index (χ0n) is 17.4. The third-order valence-electron chi connectivity index (χ3n) is 5.86. The van der Waals surface area contributed by atoms with E-state index in [2.05, 4.69) is 34.7 Å². The van der Waals surface area contributed by atoms with Gasteiger partial charge < -0.3 is 20.3 Å². The highest BCUT2D eigenvalue weighted by molar-refractivity contribution is 5.85. The molecule has 0 aromatic heterocycles. The Morgan fingerprint density at radius 3 is 2.75 bits per heavy atom. The summed E-state index contributed by atoms with van der Waals surface area (Å²) in [5.41, 5.74) is 1.23. The summed E-state index contributed by atoms with van der Waals surface area (Å²) >= 11 is 0. The molecule has 2 aliphatic rings. The molecule has 0 bridgehead atoms. The first kappa shape index (κ1) is 20.5. The Kier molecular flexibility index (Phi) is 7.18. The van der Waals surface area contributed by atoms with E-state index in [1.165, 1.54) is 37.7 Å². The zero-order valence-corrected chi connectivity index (χ0v) is 17.4. The number of fused-ring (bicyclic) bond motifs is 1. The van der Waals surface area contributed by atoms with E-state index in [0.29, 0.717) is 12.5 Å². The predicted molar refractivity (Wildman–Crippen MR) is 113 cm³/mol. The molecule has 28 heavy (non-hydrogen) atoms. The van der Waals surface area contributed by atoms with Gasteiger partial charge in [-0.25, -0.2) is 4.99 Å². The lowest BCUT2D eigenvalue weighted by Crippen LogP contribution is -2.47. The van der Waals surface area contributed by atoms with Gasteiger partial charge in [-0.15, -0.1) is 0 Å². The largest absolute Gasteiger partial charge is 0.493 e. The van der Waals surface area contributed by atoms with Gasteiger partial charge in [0.2, 0.25) is 5.91 Å². The number of aliphatic imine (C=N–C) groups is 1. The number of likely N-dealkylation sites (N-methyl/N-ethyl adjacent to an activating group) is 1. The molecule has 6 heteroatoms. The summed E-state index contributed by atoms with van der Waals surface area (Å²) in [6.07, 6.45) is 6.54. The molecule has 1 saturated carbocycles. The van der Waals surface area contributed by atoms with Crippen molar-refractivity contribution in [1.82, 2.24) is 15.5 Å². The molecule has 1 aliphatic heterocycles. The predicted octanol–water partition coefficient (Wildman–Crippen LogP) is 2.75. The van der Waals surface area contributed by atoms with Crippen LogP contribution in [-0.4, -0.2) is 56.6 Å². The summed E-state index contributed by atoms with van der Waals surface area (Å²) < 4.78 is 5.84. The molecule has 6 nitrogen and oxygen atoms in total. The van der Waals surface area contributed by atoms with Crippen molar-refractivity contribution in [3.05, 3.63) is 29.8 Å². The van der Waals surface area contributed by atoms with E-state index in [1.54, 1.807) is 19.0 Å². The third-order valence-corrected chi connectivity index (χ3v) is 5.86. The topological polar surface area (TPSA) is 66.0 Å². The average Bonchev–Trinajstić information content (AvgIpc) is 3.14. The Morgan fingerprint density at radius 2 is 2.00 bits per heavy atom. The van der Waals surface area contributed by atoms with Crippen molar-refractivity contribution in [1.29, 1.82) is 0 Å². The zero-order chi connectivity index (χ0) is 19.9. The van der Waals surface area contributed by atoms with Crippen molar-refractivity contribution >= 4 is 11.9 Å². The summed E-state index contributed by atoms with van der Waals surface area (Å²) in [5, 5.41) is 7.01. The van der Waals surface area contributed by atoms with E-state index in [0.717, 1.165) is 18.3 Å². The number of carbonyl (C=O) groups is 1. The molecule has 0 saturated heterocycles. The monoisotopic (exact) mass is 386 g/mol. The Bertz CT molecular complexity index is 683. The number of hydrogen-bond donors (Lipinski definition) is 2. The number of rotatable bonds is 6. The summed E-state index contributed by atoms with van der Waals surface area (Å²) in [6.45, 7) is 3.88. The Labute approximate surface area is 168 Å². The SMILES string of the molecule is CC(NC(=NCC(=O)N(C)C)NCC1CCCCC1)C1COc2ccccc21. The molecule has 1 aromatic rings. The summed E-state index contributed by atoms with van der Waals surface area (Å²) in [7, 11) is 3.52. The highest BCUT2D eigenvalue weighted by Gasteiger charge is 2.29. The van der Waals surface area contributed by atoms with Crippen LogP contribution in [0.15, 0.2) is 29.3 Å². The Morgan fingerprint density at radius 1 is 1.25 bits per heavy atom. The molecule has 2 N–H and O–H groups in total. The number of carbonyl (C=O) groups excluding carboxylic acids is 1. The summed E-state index contributed by atoms with van der Waals surface area (Å²) in [6, 6.07) is 8.36. The van der Waals surface area contributed by atoms with Gasteiger partial charge in [-0.05, 0) is 31.7 Å². The molecule has 3 rings (SSSR count). The number of ether oxygens (including phenoxy) is 1. The second kappa shape index (κ2) is 9.80. The number of benzene rings is 1. The van der Waals surface area contributed by atoms with Crippen LogP contribution in [0.2, 0.25) is 0 Å². The number of hydrogen-bond acceptors (Lipinski definition) is 3. The summed E-state index contributed by atoms with van der Waals surface area (Å²) in [4.78, 5) is 18.1. The van der Waals surface area contributed by atoms with E-state index < -0.39 is 0 Å². The molecular formula is C22H34N4O2. The van der Waals surface area contributed by atoms with Gasteiger partial charge >= 0.3 is 0 Å². The van der Waals surface area contributed by atoms with Gasteiger partial charge in [0.25, 0.3) is 0 Å². The van der Waals surface area contributed by atoms with Gasteiger partial charge in [-0.3, -0.25) is 4.79 Å². The van der Waals surface area contributed by atoms with Crippen LogP contribution in [0.25, 0.3) is 0 Å². The molecule has 0 radical (unpaired) electrons. The molecular weight excluding hydrogens is 352 g/mol. The Hall–Kier alpha value is -2.24. The van der Waals surface area contributed by atoms with Crippen LogP contribution in [0.5, 0.6) is 5.75 Å². The number of guanidine groups is 1. The number of para-hydroxylation sites is 1. The Balaban J connectivity index is 1.63. The fourth-order valence-corrected chi connectivity index (χ4v) is 3.99. The highest BCUT2D eigenvalue weighted by Crippen LogP contribution is 2.35. The standard InChI is InChI=1S/C22H34N4O2/c1-16(19-15-28-20-12-8-7-11-18(19)20)25-22(24-14-21(27)26(2)3)23-13-17-9-5-4-6-10-17/h7-8,11-12,16-17,19H,4-6,9-10,13-15H2,1-3H3,(H2,23,24,25). The lowest BCUT2D eigenvalue weighted by atomic mass is 9.89. The second-order valence-electron chi connectivity index (χ2n) is 8.23. The molecule has 2 unspecified atom stereocenters. The molecule has 2 atom stereocenters. The second-order valence-corrected chi connectivity index (χ2v) is 8.23. The minimum Gasteiger partial charge on any atom is -0.493 e. The van der Waals surface area contributed by atoms with Gasteiger partial charge in [0.1, 0.15) is 12.3 Å². The minimum atomic E-state index is 0.000893. The van der Waals surface area contributed by atoms with Gasteiger partial charge in [-0.1, -0.05) is 37.5 Å². The fourth-order valence-electron chi connectivity index (χ4n) is 3.99. The smallest absolute Gasteiger partial charge is 0.243 e. The molecule has 0 spiro atoms. The van der Waals surface area contributed by atoms with Crippen molar-refractivity contribution in [2.45, 2.75) is 51.0 Å². The fraction of sp³-hybridized carbons (Fsp3) is 0.636. The van der Waals surface area contributed by atoms with Gasteiger partial charge in [0.15, 0.2) is 5.96 Å². The van der Waals surface area contributed by atoms with Crippen molar-refractivity contribution in [2.75, 3.05) is 33.8 Å². The van der Waals surface area contributed by atoms with Crippen LogP contribution >= 0.6 is 0 Å². The quantitative estimate of drug-likeness (QED) is 0.583. The van der Waals surface area contributed by atoms with Crippen molar-refractivity contribution in [3.63, 3.8) is 0 Å². The molecule has 1 fully saturated rings. The van der Waals surface area contributed by atoms with Crippen molar-refractivity contribution in [2.24, 2.45) is 10.9 Å². The van der Waals surface area contributed by atoms with Crippen molar-refractivity contribution in [3.8, 4) is 5.75 Å².